The molecule has 0 spiro atoms. The minimum Gasteiger partial charge on any atom is -0.370 e. The number of nitrogens with one attached hydrogen (secondary N) is 1. The summed E-state index contributed by atoms with van der Waals surface area (Å²) in [5.41, 5.74) is 1.39. The Morgan fingerprint density at radius 1 is 1.11 bits per heavy atom. The van der Waals surface area contributed by atoms with E-state index >= 15 is 0 Å². The Hall–Kier alpha value is -2.47. The van der Waals surface area contributed by atoms with Crippen LogP contribution in [0, 0.1) is 0 Å². The Kier molecular flexibility index (Phi) is 6.76. The Bertz CT molecular complexity index is 741. The number of nitrogens with zero attached hydrogens (tertiary/aromatic N) is 4. The molecule has 1 aliphatic heterocycles. The fraction of sp³-hybridized carbons (Fsp3) is 0.476. The molecule has 2 aromatic rings. The number of anilines is 1. The van der Waals surface area contributed by atoms with E-state index in [0.717, 1.165) is 51.0 Å². The second kappa shape index (κ2) is 9.46. The molecule has 0 unspecified atom stereocenters. The van der Waals surface area contributed by atoms with Crippen molar-refractivity contribution in [2.45, 2.75) is 25.7 Å². The summed E-state index contributed by atoms with van der Waals surface area (Å²) < 4.78 is 0. The maximum atomic E-state index is 13.0. The van der Waals surface area contributed by atoms with Crippen molar-refractivity contribution in [1.82, 2.24) is 19.8 Å². The van der Waals surface area contributed by atoms with Gasteiger partial charge in [0.1, 0.15) is 11.5 Å². The Morgan fingerprint density at radius 3 is 2.56 bits per heavy atom. The molecule has 1 fully saturated rings. The number of amides is 1. The molecule has 0 aliphatic carbocycles. The zero-order chi connectivity index (χ0) is 19.1. The van der Waals surface area contributed by atoms with Crippen LogP contribution in [0.5, 0.6) is 0 Å². The van der Waals surface area contributed by atoms with Crippen LogP contribution in [-0.4, -0.2) is 65.9 Å². The van der Waals surface area contributed by atoms with Crippen molar-refractivity contribution in [3.8, 4) is 11.4 Å². The molecule has 3 rings (SSSR count). The number of likely N-dealkylation sites (tertiary alicyclic amines) is 1. The van der Waals surface area contributed by atoms with Crippen LogP contribution in [0.3, 0.4) is 0 Å². The SMILES string of the molecule is CN(C)CCCNc1cc(C(=O)N2CCCCC2)nc(-c2ccccc2)n1. The first-order valence-electron chi connectivity index (χ1n) is 9.76. The maximum absolute atomic E-state index is 13.0. The Labute approximate surface area is 161 Å². The zero-order valence-electron chi connectivity index (χ0n) is 16.3. The highest BCUT2D eigenvalue weighted by Crippen LogP contribution is 2.20. The van der Waals surface area contributed by atoms with E-state index in [4.69, 9.17) is 0 Å². The highest BCUT2D eigenvalue weighted by Gasteiger charge is 2.21. The minimum atomic E-state index is 0.00521. The highest BCUT2D eigenvalue weighted by atomic mass is 16.2. The number of benzene rings is 1. The Morgan fingerprint density at radius 2 is 1.85 bits per heavy atom. The number of piperidine rings is 1. The van der Waals surface area contributed by atoms with Crippen LogP contribution in [0.2, 0.25) is 0 Å². The number of carbonyl (C=O) groups is 1. The Balaban J connectivity index is 1.82. The molecular formula is C21H29N5O. The third-order valence-corrected chi connectivity index (χ3v) is 4.71. The predicted octanol–water partition coefficient (Wildman–Crippen LogP) is 3.13. The number of rotatable bonds is 7. The van der Waals surface area contributed by atoms with Gasteiger partial charge in [-0.3, -0.25) is 4.79 Å². The first-order chi connectivity index (χ1) is 13.1. The van der Waals surface area contributed by atoms with E-state index in [1.807, 2.05) is 35.2 Å². The van der Waals surface area contributed by atoms with Crippen molar-refractivity contribution in [3.63, 3.8) is 0 Å². The van der Waals surface area contributed by atoms with Gasteiger partial charge < -0.3 is 15.1 Å². The summed E-state index contributed by atoms with van der Waals surface area (Å²) >= 11 is 0. The molecule has 144 valence electrons. The van der Waals surface area contributed by atoms with Crippen molar-refractivity contribution >= 4 is 11.7 Å². The summed E-state index contributed by atoms with van der Waals surface area (Å²) in [5, 5.41) is 3.36. The minimum absolute atomic E-state index is 0.00521. The number of carbonyl (C=O) groups excluding carboxylic acids is 1. The van der Waals surface area contributed by atoms with E-state index in [9.17, 15) is 4.79 Å². The second-order valence-corrected chi connectivity index (χ2v) is 7.26. The number of aromatic nitrogens is 2. The number of hydrogen-bond acceptors (Lipinski definition) is 5. The molecular weight excluding hydrogens is 338 g/mol. The van der Waals surface area contributed by atoms with Gasteiger partial charge in [0.2, 0.25) is 0 Å². The van der Waals surface area contributed by atoms with Crippen LogP contribution < -0.4 is 5.32 Å². The van der Waals surface area contributed by atoms with E-state index < -0.39 is 0 Å². The van der Waals surface area contributed by atoms with Gasteiger partial charge in [-0.15, -0.1) is 0 Å². The molecule has 1 aromatic heterocycles. The fourth-order valence-electron chi connectivity index (χ4n) is 3.23. The number of hydrogen-bond donors (Lipinski definition) is 1. The topological polar surface area (TPSA) is 61.4 Å². The largest absolute Gasteiger partial charge is 0.370 e. The van der Waals surface area contributed by atoms with Gasteiger partial charge in [-0.25, -0.2) is 9.97 Å². The fourth-order valence-corrected chi connectivity index (χ4v) is 3.23. The van der Waals surface area contributed by atoms with Gasteiger partial charge >= 0.3 is 0 Å². The third kappa shape index (κ3) is 5.50. The van der Waals surface area contributed by atoms with Crippen LogP contribution in [0.25, 0.3) is 11.4 Å². The zero-order valence-corrected chi connectivity index (χ0v) is 16.3. The molecule has 1 N–H and O–H groups in total. The van der Waals surface area contributed by atoms with Crippen molar-refractivity contribution in [1.29, 1.82) is 0 Å². The molecule has 2 heterocycles. The van der Waals surface area contributed by atoms with Crippen LogP contribution in [-0.2, 0) is 0 Å². The third-order valence-electron chi connectivity index (χ3n) is 4.71. The molecule has 6 nitrogen and oxygen atoms in total. The van der Waals surface area contributed by atoms with Crippen LogP contribution in [0.4, 0.5) is 5.82 Å². The first-order valence-corrected chi connectivity index (χ1v) is 9.76. The van der Waals surface area contributed by atoms with E-state index in [2.05, 4.69) is 34.3 Å². The quantitative estimate of drug-likeness (QED) is 0.762. The van der Waals surface area contributed by atoms with Gasteiger partial charge in [-0.05, 0) is 46.3 Å². The van der Waals surface area contributed by atoms with Gasteiger partial charge in [-0.1, -0.05) is 30.3 Å². The lowest BCUT2D eigenvalue weighted by Crippen LogP contribution is -2.36. The molecule has 27 heavy (non-hydrogen) atoms. The standard InChI is InChI=1S/C21H29N5O/c1-25(2)13-9-12-22-19-16-18(21(27)26-14-7-4-8-15-26)23-20(24-19)17-10-5-3-6-11-17/h3,5-6,10-11,16H,4,7-9,12-15H2,1-2H3,(H,22,23,24). The summed E-state index contributed by atoms with van der Waals surface area (Å²) in [4.78, 5) is 26.3. The van der Waals surface area contributed by atoms with Gasteiger partial charge in [0, 0.05) is 31.3 Å². The highest BCUT2D eigenvalue weighted by molar-refractivity contribution is 5.93. The lowest BCUT2D eigenvalue weighted by atomic mass is 10.1. The molecule has 0 bridgehead atoms. The van der Waals surface area contributed by atoms with Gasteiger partial charge in [0.15, 0.2) is 5.82 Å². The monoisotopic (exact) mass is 367 g/mol. The second-order valence-electron chi connectivity index (χ2n) is 7.26. The first kappa shape index (κ1) is 19.3. The van der Waals surface area contributed by atoms with E-state index in [1.165, 1.54) is 6.42 Å². The van der Waals surface area contributed by atoms with E-state index in [-0.39, 0.29) is 5.91 Å². The predicted molar refractivity (Wildman–Crippen MR) is 109 cm³/mol. The molecule has 1 saturated heterocycles. The molecule has 6 heteroatoms. The van der Waals surface area contributed by atoms with Gasteiger partial charge in [-0.2, -0.15) is 0 Å². The smallest absolute Gasteiger partial charge is 0.272 e. The molecule has 0 atom stereocenters. The summed E-state index contributed by atoms with van der Waals surface area (Å²) in [6, 6.07) is 11.6. The van der Waals surface area contributed by atoms with Gasteiger partial charge in [0.05, 0.1) is 0 Å². The van der Waals surface area contributed by atoms with E-state index in [1.54, 1.807) is 6.07 Å². The molecule has 1 aliphatic rings. The summed E-state index contributed by atoms with van der Waals surface area (Å²) in [5.74, 6) is 1.31. The van der Waals surface area contributed by atoms with Crippen molar-refractivity contribution in [2.75, 3.05) is 45.6 Å². The molecule has 0 radical (unpaired) electrons. The summed E-state index contributed by atoms with van der Waals surface area (Å²) in [7, 11) is 4.13. The maximum Gasteiger partial charge on any atom is 0.272 e. The van der Waals surface area contributed by atoms with Crippen molar-refractivity contribution < 1.29 is 4.79 Å². The van der Waals surface area contributed by atoms with Crippen LogP contribution in [0.1, 0.15) is 36.2 Å². The average Bonchev–Trinajstić information content (AvgIpc) is 2.71. The molecule has 1 aromatic carbocycles. The van der Waals surface area contributed by atoms with Crippen molar-refractivity contribution in [2.24, 2.45) is 0 Å². The summed E-state index contributed by atoms with van der Waals surface area (Å²) in [6.07, 6.45) is 4.34. The lowest BCUT2D eigenvalue weighted by Gasteiger charge is -2.26. The van der Waals surface area contributed by atoms with Crippen molar-refractivity contribution in [3.05, 3.63) is 42.1 Å². The van der Waals surface area contributed by atoms with E-state index in [0.29, 0.717) is 17.3 Å². The lowest BCUT2D eigenvalue weighted by molar-refractivity contribution is 0.0718. The average molecular weight is 367 g/mol. The van der Waals surface area contributed by atoms with Crippen LogP contribution in [0.15, 0.2) is 36.4 Å². The summed E-state index contributed by atoms with van der Waals surface area (Å²) in [6.45, 7) is 3.44. The molecule has 1 amide bonds. The van der Waals surface area contributed by atoms with Crippen LogP contribution >= 0.6 is 0 Å². The normalized spacial score (nSPS) is 14.4. The van der Waals surface area contributed by atoms with Gasteiger partial charge in [0.25, 0.3) is 5.91 Å². The molecule has 0 saturated carbocycles.